The fourth-order valence-corrected chi connectivity index (χ4v) is 4.63. The lowest BCUT2D eigenvalue weighted by atomic mass is 10.2. The number of hydrogen-bond acceptors (Lipinski definition) is 8. The number of anilines is 2. The van der Waals surface area contributed by atoms with Gasteiger partial charge in [-0.2, -0.15) is 4.37 Å². The van der Waals surface area contributed by atoms with E-state index in [0.717, 1.165) is 93.7 Å². The molecule has 0 radical (unpaired) electrons. The number of rotatable bonds is 6. The van der Waals surface area contributed by atoms with Gasteiger partial charge in [0, 0.05) is 75.5 Å². The number of aliphatic imine (C=N–C) groups is 1. The number of aryl methyl sites for hydroxylation is 1. The fraction of sp³-hybridized carbons (Fsp3) is 0.619. The van der Waals surface area contributed by atoms with Crippen LogP contribution in [-0.2, 0) is 17.7 Å². The second-order valence-electron chi connectivity index (χ2n) is 7.58. The summed E-state index contributed by atoms with van der Waals surface area (Å²) < 4.78 is 9.92. The topological polar surface area (TPSA) is 82.0 Å². The van der Waals surface area contributed by atoms with Gasteiger partial charge in [-0.3, -0.25) is 0 Å². The Morgan fingerprint density at radius 3 is 2.65 bits per heavy atom. The molecule has 2 aliphatic heterocycles. The number of nitrogens with zero attached hydrogens (tertiary/aromatic N) is 7. The van der Waals surface area contributed by atoms with Crippen molar-refractivity contribution < 1.29 is 4.74 Å². The van der Waals surface area contributed by atoms with Crippen molar-refractivity contribution in [1.82, 2.24) is 24.6 Å². The quantitative estimate of drug-likeness (QED) is 0.532. The molecule has 2 aromatic heterocycles. The Balaban J connectivity index is 1.41. The van der Waals surface area contributed by atoms with E-state index in [9.17, 15) is 0 Å². The van der Waals surface area contributed by atoms with Crippen molar-refractivity contribution in [3.8, 4) is 0 Å². The van der Waals surface area contributed by atoms with Crippen molar-refractivity contribution in [2.45, 2.75) is 26.8 Å². The minimum absolute atomic E-state index is 0.610. The standard InChI is InChI=1S/C21H32N8OS/c1-3-18-25-21(31-26-18)29-10-8-28(9-11-29)20(22-4-2)24-16-17-6-5-7-23-19(17)27-12-14-30-15-13-27/h5-7H,3-4,8-16H2,1-2H3,(H,22,24). The van der Waals surface area contributed by atoms with Gasteiger partial charge in [0.1, 0.15) is 11.6 Å². The maximum atomic E-state index is 5.49. The molecule has 0 unspecified atom stereocenters. The first-order valence-corrected chi connectivity index (χ1v) is 11.9. The van der Waals surface area contributed by atoms with Crippen LogP contribution < -0.4 is 15.1 Å². The smallest absolute Gasteiger partial charge is 0.205 e. The Hall–Kier alpha value is -2.46. The Morgan fingerprint density at radius 2 is 1.94 bits per heavy atom. The average molecular weight is 445 g/mol. The third-order valence-electron chi connectivity index (χ3n) is 5.54. The molecule has 10 heteroatoms. The first kappa shape index (κ1) is 21.8. The minimum Gasteiger partial charge on any atom is -0.378 e. The van der Waals surface area contributed by atoms with Crippen LogP contribution in [0.15, 0.2) is 23.3 Å². The summed E-state index contributed by atoms with van der Waals surface area (Å²) in [7, 11) is 0. The molecule has 4 rings (SSSR count). The predicted molar refractivity (Wildman–Crippen MR) is 125 cm³/mol. The van der Waals surface area contributed by atoms with Gasteiger partial charge in [-0.15, -0.1) is 0 Å². The average Bonchev–Trinajstić information content (AvgIpc) is 3.32. The third kappa shape index (κ3) is 5.43. The maximum absolute atomic E-state index is 5.49. The number of aromatic nitrogens is 3. The molecule has 0 aliphatic carbocycles. The van der Waals surface area contributed by atoms with E-state index in [-0.39, 0.29) is 0 Å². The van der Waals surface area contributed by atoms with Gasteiger partial charge >= 0.3 is 0 Å². The molecule has 2 fully saturated rings. The molecular formula is C21H32N8OS. The molecule has 1 N–H and O–H groups in total. The molecule has 0 spiro atoms. The molecule has 2 aliphatic rings. The van der Waals surface area contributed by atoms with E-state index < -0.39 is 0 Å². The zero-order valence-corrected chi connectivity index (χ0v) is 19.3. The van der Waals surface area contributed by atoms with Crippen LogP contribution in [-0.4, -0.2) is 84.2 Å². The number of ether oxygens (including phenoxy) is 1. The van der Waals surface area contributed by atoms with E-state index in [1.807, 2.05) is 12.3 Å². The lowest BCUT2D eigenvalue weighted by Crippen LogP contribution is -2.52. The number of nitrogens with one attached hydrogen (secondary N) is 1. The van der Waals surface area contributed by atoms with Crippen LogP contribution in [0, 0.1) is 0 Å². The van der Waals surface area contributed by atoms with Crippen LogP contribution in [0.4, 0.5) is 10.9 Å². The summed E-state index contributed by atoms with van der Waals surface area (Å²) in [6, 6.07) is 4.12. The van der Waals surface area contributed by atoms with Crippen LogP contribution in [0.1, 0.15) is 25.2 Å². The van der Waals surface area contributed by atoms with Crippen LogP contribution in [0.25, 0.3) is 0 Å². The summed E-state index contributed by atoms with van der Waals surface area (Å²) >= 11 is 1.50. The van der Waals surface area contributed by atoms with Crippen LogP contribution >= 0.6 is 11.5 Å². The molecule has 9 nitrogen and oxygen atoms in total. The van der Waals surface area contributed by atoms with Crippen molar-refractivity contribution in [3.05, 3.63) is 29.7 Å². The third-order valence-corrected chi connectivity index (χ3v) is 6.35. The van der Waals surface area contributed by atoms with Gasteiger partial charge in [-0.05, 0) is 13.0 Å². The summed E-state index contributed by atoms with van der Waals surface area (Å²) in [5.74, 6) is 2.92. The zero-order valence-electron chi connectivity index (χ0n) is 18.5. The molecule has 2 saturated heterocycles. The van der Waals surface area contributed by atoms with E-state index in [1.54, 1.807) is 0 Å². The summed E-state index contributed by atoms with van der Waals surface area (Å²) in [4.78, 5) is 21.2. The number of morpholine rings is 1. The predicted octanol–water partition coefficient (Wildman–Crippen LogP) is 1.62. The van der Waals surface area contributed by atoms with Crippen molar-refractivity contribution in [3.63, 3.8) is 0 Å². The van der Waals surface area contributed by atoms with Crippen molar-refractivity contribution in [2.75, 3.05) is 68.8 Å². The lowest BCUT2D eigenvalue weighted by Gasteiger charge is -2.36. The molecule has 2 aromatic rings. The maximum Gasteiger partial charge on any atom is 0.205 e. The minimum atomic E-state index is 0.610. The van der Waals surface area contributed by atoms with E-state index in [4.69, 9.17) is 9.73 Å². The zero-order chi connectivity index (χ0) is 21.5. The van der Waals surface area contributed by atoms with Gasteiger partial charge in [0.2, 0.25) is 5.13 Å². The van der Waals surface area contributed by atoms with E-state index in [1.165, 1.54) is 11.5 Å². The Labute approximate surface area is 188 Å². The molecule has 0 atom stereocenters. The van der Waals surface area contributed by atoms with E-state index >= 15 is 0 Å². The van der Waals surface area contributed by atoms with Gasteiger partial charge in [0.05, 0.1) is 19.8 Å². The molecule has 31 heavy (non-hydrogen) atoms. The second-order valence-corrected chi connectivity index (χ2v) is 8.31. The number of guanidine groups is 1. The number of hydrogen-bond donors (Lipinski definition) is 1. The largest absolute Gasteiger partial charge is 0.378 e. The lowest BCUT2D eigenvalue weighted by molar-refractivity contribution is 0.122. The monoisotopic (exact) mass is 444 g/mol. The first-order valence-electron chi connectivity index (χ1n) is 11.2. The van der Waals surface area contributed by atoms with Crippen molar-refractivity contribution in [1.29, 1.82) is 0 Å². The van der Waals surface area contributed by atoms with Gasteiger partial charge < -0.3 is 24.8 Å². The molecular weight excluding hydrogens is 412 g/mol. The van der Waals surface area contributed by atoms with Crippen molar-refractivity contribution in [2.24, 2.45) is 4.99 Å². The summed E-state index contributed by atoms with van der Waals surface area (Å²) in [6.07, 6.45) is 2.74. The van der Waals surface area contributed by atoms with Crippen LogP contribution in [0.2, 0.25) is 0 Å². The summed E-state index contributed by atoms with van der Waals surface area (Å²) in [6.45, 7) is 12.6. The second kappa shape index (κ2) is 10.7. The molecule has 0 aromatic carbocycles. The Kier molecular flexibility index (Phi) is 7.52. The normalized spacial score (nSPS) is 17.9. The molecule has 0 bridgehead atoms. The van der Waals surface area contributed by atoms with Gasteiger partial charge in [0.15, 0.2) is 5.96 Å². The first-order chi connectivity index (χ1) is 15.3. The highest BCUT2D eigenvalue weighted by atomic mass is 32.1. The highest BCUT2D eigenvalue weighted by Crippen LogP contribution is 2.21. The molecule has 168 valence electrons. The van der Waals surface area contributed by atoms with E-state index in [0.29, 0.717) is 6.54 Å². The number of pyridine rings is 1. The molecule has 0 saturated carbocycles. The molecule has 4 heterocycles. The van der Waals surface area contributed by atoms with Crippen LogP contribution in [0.3, 0.4) is 0 Å². The van der Waals surface area contributed by atoms with Gasteiger partial charge in [-0.25, -0.2) is 15.0 Å². The Bertz CT molecular complexity index is 859. The highest BCUT2D eigenvalue weighted by Gasteiger charge is 2.22. The van der Waals surface area contributed by atoms with Crippen LogP contribution in [0.5, 0.6) is 0 Å². The highest BCUT2D eigenvalue weighted by molar-refractivity contribution is 7.09. The summed E-state index contributed by atoms with van der Waals surface area (Å²) in [5.41, 5.74) is 1.15. The van der Waals surface area contributed by atoms with Gasteiger partial charge in [-0.1, -0.05) is 13.0 Å². The van der Waals surface area contributed by atoms with Gasteiger partial charge in [0.25, 0.3) is 0 Å². The SMILES string of the molecule is CCNC(=NCc1cccnc1N1CCOCC1)N1CCN(c2nc(CC)ns2)CC1. The van der Waals surface area contributed by atoms with E-state index in [2.05, 4.69) is 54.3 Å². The molecule has 0 amide bonds. The summed E-state index contributed by atoms with van der Waals surface area (Å²) in [5, 5.41) is 4.50. The number of piperazine rings is 1. The van der Waals surface area contributed by atoms with Crippen molar-refractivity contribution >= 4 is 28.4 Å². The fourth-order valence-electron chi connectivity index (χ4n) is 3.83. The Morgan fingerprint density at radius 1 is 1.13 bits per heavy atom.